The van der Waals surface area contributed by atoms with Crippen molar-refractivity contribution < 1.29 is 23.5 Å². The molecule has 2 amide bonds. The number of benzene rings is 2. The molecule has 3 fully saturated rings. The third-order valence-electron chi connectivity index (χ3n) is 13.8. The highest BCUT2D eigenvalue weighted by molar-refractivity contribution is 6.30. The number of hydrogen-bond donors (Lipinski definition) is 3. The van der Waals surface area contributed by atoms with E-state index in [1.54, 1.807) is 12.3 Å². The number of aromatic nitrogens is 4. The lowest BCUT2D eigenvalue weighted by molar-refractivity contribution is -0.137. The summed E-state index contributed by atoms with van der Waals surface area (Å²) in [5.74, 6) is -2.12. The molecule has 2 aromatic carbocycles. The maximum absolute atomic E-state index is 17.1. The Balaban J connectivity index is 1.31. The van der Waals surface area contributed by atoms with Crippen LogP contribution in [-0.4, -0.2) is 59.6 Å². The van der Waals surface area contributed by atoms with Gasteiger partial charge in [-0.05, 0) is 85.6 Å². The van der Waals surface area contributed by atoms with Gasteiger partial charge in [0.2, 0.25) is 24.1 Å². The van der Waals surface area contributed by atoms with Crippen molar-refractivity contribution in [2.45, 2.75) is 112 Å². The second-order valence-corrected chi connectivity index (χ2v) is 18.1. The van der Waals surface area contributed by atoms with Crippen molar-refractivity contribution in [3.8, 4) is 0 Å². The number of aliphatic hydroxyl groups is 1. The van der Waals surface area contributed by atoms with Crippen LogP contribution in [0.1, 0.15) is 117 Å². The number of aliphatic hydroxyl groups excluding tert-OH is 1. The number of nitrogens with one attached hydrogen (secondary N) is 2. The van der Waals surface area contributed by atoms with Crippen molar-refractivity contribution >= 4 is 40.7 Å². The van der Waals surface area contributed by atoms with E-state index in [1.807, 2.05) is 60.7 Å². The molecule has 9 rings (SSSR count). The Morgan fingerprint density at radius 1 is 0.966 bits per heavy atom. The SMILES string of the molecule is CC1(C)CCC2(CC1)N([C@H](c1ccccc1)[C@@H](O)c1ccccc1)[C@@H](C(=O)N[C@H]1CC[C@H](c3nnco3)CC1)[C@H](c1ccnc(Cl)c1F)C21C(=O)Nc2cc(Cl)ncc21. The lowest BCUT2D eigenvalue weighted by atomic mass is 9.53. The van der Waals surface area contributed by atoms with Crippen LogP contribution >= 0.6 is 23.2 Å². The molecule has 0 bridgehead atoms. The van der Waals surface area contributed by atoms with Crippen molar-refractivity contribution in [3.05, 3.63) is 136 Å². The van der Waals surface area contributed by atoms with E-state index in [9.17, 15) is 5.11 Å². The van der Waals surface area contributed by atoms with Crippen LogP contribution < -0.4 is 10.6 Å². The van der Waals surface area contributed by atoms with Gasteiger partial charge in [-0.25, -0.2) is 14.4 Å². The summed E-state index contributed by atoms with van der Waals surface area (Å²) in [6.07, 6.45) is 8.11. The number of amides is 2. The third kappa shape index (κ3) is 6.54. The molecule has 1 saturated heterocycles. The summed E-state index contributed by atoms with van der Waals surface area (Å²) in [6.45, 7) is 4.41. The van der Waals surface area contributed by atoms with E-state index in [4.69, 9.17) is 27.6 Å². The highest BCUT2D eigenvalue weighted by Crippen LogP contribution is 2.69. The summed E-state index contributed by atoms with van der Waals surface area (Å²) in [7, 11) is 0. The number of likely N-dealkylation sites (tertiary alicyclic amines) is 1. The highest BCUT2D eigenvalue weighted by Gasteiger charge is 2.77. The van der Waals surface area contributed by atoms with Crippen molar-refractivity contribution in [1.82, 2.24) is 30.4 Å². The first-order valence-electron chi connectivity index (χ1n) is 20.4. The number of nitrogens with zero attached hydrogens (tertiary/aromatic N) is 5. The number of halogens is 3. The Morgan fingerprint density at radius 2 is 1.64 bits per heavy atom. The number of rotatable bonds is 8. The minimum absolute atomic E-state index is 0.0630. The van der Waals surface area contributed by atoms with Crippen molar-refractivity contribution in [2.24, 2.45) is 5.41 Å². The summed E-state index contributed by atoms with van der Waals surface area (Å²) < 4.78 is 22.6. The van der Waals surface area contributed by atoms with E-state index >= 15 is 14.0 Å². The van der Waals surface area contributed by atoms with Crippen molar-refractivity contribution in [2.75, 3.05) is 5.32 Å². The lowest BCUT2D eigenvalue weighted by Crippen LogP contribution is -2.64. The Kier molecular flexibility index (Phi) is 10.3. The van der Waals surface area contributed by atoms with Gasteiger partial charge in [0.1, 0.15) is 10.6 Å². The topological polar surface area (TPSA) is 146 Å². The minimum atomic E-state index is -1.62. The molecule has 11 nitrogen and oxygen atoms in total. The fourth-order valence-electron chi connectivity index (χ4n) is 11.0. The molecule has 59 heavy (non-hydrogen) atoms. The standard InChI is InChI=1S/C45H46Cl2FN7O4/c1-43(2)18-20-44(21-19-43)45(31-24-50-33(46)23-32(31)53-42(45)58)34(30-17-22-49-39(47)35(30)48)37(40(57)52-29-15-13-28(14-16-29)41-54-51-25-59-41)55(44)36(26-9-5-3-6-10-26)38(56)27-11-7-4-8-12-27/h3-12,17,22-25,28-29,34,36-38,56H,13-16,18-21H2,1-2H3,(H,52,57)(H,53,58)/t28-,29-,34-,36+,37+,38-,45?/m0/s1. The summed E-state index contributed by atoms with van der Waals surface area (Å²) in [5.41, 5.74) is -0.510. The van der Waals surface area contributed by atoms with E-state index in [0.29, 0.717) is 74.1 Å². The number of anilines is 1. The fourth-order valence-corrected chi connectivity index (χ4v) is 11.3. The monoisotopic (exact) mass is 837 g/mol. The highest BCUT2D eigenvalue weighted by atomic mass is 35.5. The van der Waals surface area contributed by atoms with Gasteiger partial charge in [-0.15, -0.1) is 10.2 Å². The molecule has 3 aromatic heterocycles. The van der Waals surface area contributed by atoms with E-state index in [0.717, 1.165) is 5.56 Å². The molecule has 5 heterocycles. The molecule has 1 unspecified atom stereocenters. The number of pyridine rings is 2. The van der Waals surface area contributed by atoms with Crippen LogP contribution in [0.5, 0.6) is 0 Å². The normalized spacial score (nSPS) is 27.0. The number of hydrogen-bond acceptors (Lipinski definition) is 9. The average molecular weight is 839 g/mol. The zero-order valence-electron chi connectivity index (χ0n) is 32.8. The Bertz CT molecular complexity index is 2340. The van der Waals surface area contributed by atoms with Crippen LogP contribution in [0.4, 0.5) is 10.1 Å². The van der Waals surface area contributed by atoms with E-state index < -0.39 is 46.8 Å². The maximum atomic E-state index is 17.1. The van der Waals surface area contributed by atoms with Gasteiger partial charge < -0.3 is 20.2 Å². The second kappa shape index (κ2) is 15.4. The first-order valence-corrected chi connectivity index (χ1v) is 21.1. The smallest absolute Gasteiger partial charge is 0.238 e. The van der Waals surface area contributed by atoms with Crippen LogP contribution in [0.3, 0.4) is 0 Å². The molecular formula is C45H46Cl2FN7O4. The molecule has 5 aromatic rings. The van der Waals surface area contributed by atoms with Crippen LogP contribution in [-0.2, 0) is 15.0 Å². The Labute approximate surface area is 352 Å². The molecule has 2 aliphatic heterocycles. The summed E-state index contributed by atoms with van der Waals surface area (Å²) in [5, 5.41) is 27.3. The molecule has 2 saturated carbocycles. The van der Waals surface area contributed by atoms with Gasteiger partial charge in [0, 0.05) is 47.1 Å². The molecular weight excluding hydrogens is 792 g/mol. The van der Waals surface area contributed by atoms with E-state index in [1.165, 1.54) is 18.7 Å². The van der Waals surface area contributed by atoms with Crippen molar-refractivity contribution in [3.63, 3.8) is 0 Å². The molecule has 2 spiro atoms. The minimum Gasteiger partial charge on any atom is -0.428 e. The van der Waals surface area contributed by atoms with Gasteiger partial charge in [0.15, 0.2) is 11.0 Å². The zero-order valence-corrected chi connectivity index (χ0v) is 34.3. The molecule has 5 atom stereocenters. The largest absolute Gasteiger partial charge is 0.428 e. The third-order valence-corrected chi connectivity index (χ3v) is 14.3. The van der Waals surface area contributed by atoms with E-state index in [-0.39, 0.29) is 39.2 Å². The van der Waals surface area contributed by atoms with Crippen LogP contribution in [0.2, 0.25) is 10.3 Å². The Hall–Kier alpha value is -4.75. The van der Waals surface area contributed by atoms with Gasteiger partial charge in [-0.3, -0.25) is 14.5 Å². The van der Waals surface area contributed by atoms with Gasteiger partial charge in [0.25, 0.3) is 0 Å². The fraction of sp³-hybridized carbons (Fsp3) is 0.422. The first-order chi connectivity index (χ1) is 28.4. The van der Waals surface area contributed by atoms with Gasteiger partial charge in [-0.1, -0.05) is 97.7 Å². The predicted octanol–water partition coefficient (Wildman–Crippen LogP) is 8.62. The van der Waals surface area contributed by atoms with Crippen LogP contribution in [0, 0.1) is 11.2 Å². The summed E-state index contributed by atoms with van der Waals surface area (Å²) in [4.78, 5) is 42.2. The average Bonchev–Trinajstić information content (AvgIpc) is 3.94. The number of carbonyl (C=O) groups is 2. The maximum Gasteiger partial charge on any atom is 0.238 e. The second-order valence-electron chi connectivity index (χ2n) is 17.4. The quantitative estimate of drug-likeness (QED) is 0.131. The molecule has 14 heteroatoms. The molecule has 2 aliphatic carbocycles. The van der Waals surface area contributed by atoms with Gasteiger partial charge in [-0.2, -0.15) is 0 Å². The molecule has 0 radical (unpaired) electrons. The number of fused-ring (bicyclic) bond motifs is 3. The van der Waals surface area contributed by atoms with Gasteiger partial charge >= 0.3 is 0 Å². The summed E-state index contributed by atoms with van der Waals surface area (Å²) in [6, 6.07) is 19.8. The van der Waals surface area contributed by atoms with Crippen LogP contribution in [0.15, 0.2) is 96.0 Å². The lowest BCUT2D eigenvalue weighted by Gasteiger charge is -2.56. The number of carbonyl (C=O) groups excluding carboxylic acids is 2. The summed E-state index contributed by atoms with van der Waals surface area (Å²) >= 11 is 13.0. The molecule has 4 aliphatic rings. The molecule has 306 valence electrons. The van der Waals surface area contributed by atoms with E-state index in [2.05, 4.69) is 49.5 Å². The first kappa shape index (κ1) is 39.7. The Morgan fingerprint density at radius 3 is 2.31 bits per heavy atom. The molecule has 3 N–H and O–H groups in total. The van der Waals surface area contributed by atoms with Gasteiger partial charge in [0.05, 0.1) is 18.2 Å². The predicted molar refractivity (Wildman–Crippen MR) is 220 cm³/mol. The van der Waals surface area contributed by atoms with Crippen LogP contribution in [0.25, 0.3) is 0 Å². The van der Waals surface area contributed by atoms with Crippen molar-refractivity contribution in [1.29, 1.82) is 0 Å². The zero-order chi connectivity index (χ0) is 41.1.